The van der Waals surface area contributed by atoms with Crippen molar-refractivity contribution in [2.24, 2.45) is 0 Å². The maximum absolute atomic E-state index is 9.58. The van der Waals surface area contributed by atoms with E-state index in [0.717, 1.165) is 77.5 Å². The van der Waals surface area contributed by atoms with Crippen molar-refractivity contribution in [2.45, 2.75) is 0 Å². The van der Waals surface area contributed by atoms with E-state index in [4.69, 9.17) is 9.97 Å². The number of rotatable bonds is 5. The van der Waals surface area contributed by atoms with E-state index < -0.39 is 0 Å². The number of benzene rings is 9. The molecular formula is C54H31N5. The van der Waals surface area contributed by atoms with Crippen LogP contribution in [0.1, 0.15) is 11.1 Å². The lowest BCUT2D eigenvalue weighted by atomic mass is 9.91. The van der Waals surface area contributed by atoms with Gasteiger partial charge < -0.3 is 4.57 Å². The second-order valence-corrected chi connectivity index (χ2v) is 14.8. The van der Waals surface area contributed by atoms with Gasteiger partial charge in [-0.1, -0.05) is 121 Å². The van der Waals surface area contributed by atoms with Gasteiger partial charge >= 0.3 is 0 Å². The van der Waals surface area contributed by atoms with E-state index in [2.05, 4.69) is 138 Å². The minimum absolute atomic E-state index is 0.593. The largest absolute Gasteiger partial charge is 0.309 e. The standard InChI is InChI=1S/C54H31N5/c55-32-34-18-22-36(23-19-34)45-30-48-49(31-46(45)37-24-20-35(33-56)21-25-37)57-54(58-53(48)38-10-2-1-3-11-38)44-26-27-51(42-15-7-6-14-41(42)44)59-50-17-9-8-16-43(50)47-28-39-12-4-5-13-40(39)29-52(47)59/h1-31H. The van der Waals surface area contributed by atoms with Crippen molar-refractivity contribution in [3.05, 3.63) is 199 Å². The Balaban J connectivity index is 1.17. The highest BCUT2D eigenvalue weighted by Gasteiger charge is 2.20. The summed E-state index contributed by atoms with van der Waals surface area (Å²) in [5.74, 6) is 0.629. The van der Waals surface area contributed by atoms with Crippen molar-refractivity contribution in [1.82, 2.24) is 14.5 Å². The number of hydrogen-bond acceptors (Lipinski definition) is 4. The average molecular weight is 750 g/mol. The van der Waals surface area contributed by atoms with Crippen LogP contribution in [0.2, 0.25) is 0 Å². The molecule has 11 rings (SSSR count). The van der Waals surface area contributed by atoms with Crippen LogP contribution >= 0.6 is 0 Å². The Kier molecular flexibility index (Phi) is 7.86. The molecule has 0 N–H and O–H groups in total. The second kappa shape index (κ2) is 13.7. The SMILES string of the molecule is N#Cc1ccc(-c2cc3nc(-c4ccc(-n5c6ccccc6c6cc7ccccc7cc65)c5ccccc45)nc(-c4ccccc4)c3cc2-c2ccc(C#N)cc2)cc1. The number of hydrogen-bond donors (Lipinski definition) is 0. The van der Waals surface area contributed by atoms with Gasteiger partial charge in [0.2, 0.25) is 0 Å². The van der Waals surface area contributed by atoms with Crippen LogP contribution in [0.15, 0.2) is 188 Å². The van der Waals surface area contributed by atoms with Gasteiger partial charge in [-0.3, -0.25) is 0 Å². The molecule has 0 aliphatic carbocycles. The monoisotopic (exact) mass is 749 g/mol. The first kappa shape index (κ1) is 33.9. The molecule has 0 aliphatic heterocycles. The van der Waals surface area contributed by atoms with Gasteiger partial charge in [-0.15, -0.1) is 0 Å². The number of para-hydroxylation sites is 1. The molecule has 0 unspecified atom stereocenters. The van der Waals surface area contributed by atoms with Crippen molar-refractivity contribution < 1.29 is 0 Å². The minimum Gasteiger partial charge on any atom is -0.309 e. The first-order chi connectivity index (χ1) is 29.1. The van der Waals surface area contributed by atoms with E-state index >= 15 is 0 Å². The van der Waals surface area contributed by atoms with Gasteiger partial charge in [0.25, 0.3) is 0 Å². The Morgan fingerprint density at radius 2 is 0.983 bits per heavy atom. The van der Waals surface area contributed by atoms with Crippen LogP contribution in [0, 0.1) is 22.7 Å². The van der Waals surface area contributed by atoms with E-state index in [1.165, 1.54) is 21.5 Å². The zero-order valence-corrected chi connectivity index (χ0v) is 31.6. The van der Waals surface area contributed by atoms with E-state index in [0.29, 0.717) is 17.0 Å². The summed E-state index contributed by atoms with van der Waals surface area (Å²) < 4.78 is 2.40. The quantitative estimate of drug-likeness (QED) is 0.175. The molecule has 0 atom stereocenters. The van der Waals surface area contributed by atoms with Crippen molar-refractivity contribution in [3.8, 4) is 62.7 Å². The normalized spacial score (nSPS) is 11.4. The van der Waals surface area contributed by atoms with Crippen molar-refractivity contribution in [3.63, 3.8) is 0 Å². The first-order valence-electron chi connectivity index (χ1n) is 19.5. The third kappa shape index (κ3) is 5.61. The molecule has 0 radical (unpaired) electrons. The van der Waals surface area contributed by atoms with E-state index in [9.17, 15) is 10.5 Å². The third-order valence-corrected chi connectivity index (χ3v) is 11.5. The summed E-state index contributed by atoms with van der Waals surface area (Å²) in [4.78, 5) is 10.8. The molecule has 2 heterocycles. The Labute approximate surface area is 339 Å². The molecule has 0 aliphatic rings. The van der Waals surface area contributed by atoms with Crippen LogP contribution in [-0.4, -0.2) is 14.5 Å². The van der Waals surface area contributed by atoms with Gasteiger partial charge in [0, 0.05) is 32.7 Å². The van der Waals surface area contributed by atoms with Gasteiger partial charge in [0.15, 0.2) is 5.82 Å². The molecule has 5 nitrogen and oxygen atoms in total. The molecule has 0 spiro atoms. The van der Waals surface area contributed by atoms with E-state index in [-0.39, 0.29) is 0 Å². The summed E-state index contributed by atoms with van der Waals surface area (Å²) in [6, 6.07) is 69.1. The fraction of sp³-hybridized carbons (Fsp3) is 0. The highest BCUT2D eigenvalue weighted by Crippen LogP contribution is 2.42. The van der Waals surface area contributed by atoms with Crippen molar-refractivity contribution >= 4 is 54.3 Å². The topological polar surface area (TPSA) is 78.3 Å². The first-order valence-corrected chi connectivity index (χ1v) is 19.5. The Morgan fingerprint density at radius 3 is 1.68 bits per heavy atom. The Bertz CT molecular complexity index is 3550. The second-order valence-electron chi connectivity index (χ2n) is 14.8. The highest BCUT2D eigenvalue weighted by molar-refractivity contribution is 6.15. The molecule has 5 heteroatoms. The van der Waals surface area contributed by atoms with E-state index in [1.54, 1.807) is 0 Å². The number of nitrogens with zero attached hydrogens (tertiary/aromatic N) is 5. The molecule has 11 aromatic rings. The van der Waals surface area contributed by atoms with Crippen LogP contribution in [0.5, 0.6) is 0 Å². The van der Waals surface area contributed by atoms with Gasteiger partial charge in [-0.2, -0.15) is 10.5 Å². The van der Waals surface area contributed by atoms with Crippen LogP contribution in [0.4, 0.5) is 0 Å². The van der Waals surface area contributed by atoms with Crippen molar-refractivity contribution in [2.75, 3.05) is 0 Å². The Morgan fingerprint density at radius 1 is 0.390 bits per heavy atom. The van der Waals surface area contributed by atoms with Gasteiger partial charge in [-0.05, 0) is 105 Å². The average Bonchev–Trinajstić information content (AvgIpc) is 3.62. The molecule has 272 valence electrons. The smallest absolute Gasteiger partial charge is 0.161 e. The fourth-order valence-corrected chi connectivity index (χ4v) is 8.63. The Hall–Kier alpha value is -8.38. The van der Waals surface area contributed by atoms with E-state index in [1.807, 2.05) is 66.7 Å². The lowest BCUT2D eigenvalue weighted by molar-refractivity contribution is 1.19. The fourth-order valence-electron chi connectivity index (χ4n) is 8.63. The zero-order valence-electron chi connectivity index (χ0n) is 31.6. The van der Waals surface area contributed by atoms with Gasteiger partial charge in [0.1, 0.15) is 0 Å². The number of aromatic nitrogens is 3. The summed E-state index contributed by atoms with van der Waals surface area (Å²) in [5, 5.41) is 27.1. The van der Waals surface area contributed by atoms with Crippen LogP contribution in [-0.2, 0) is 0 Å². The maximum Gasteiger partial charge on any atom is 0.161 e. The predicted molar refractivity (Wildman–Crippen MR) is 240 cm³/mol. The molecule has 0 fully saturated rings. The molecule has 2 aromatic heterocycles. The third-order valence-electron chi connectivity index (χ3n) is 11.5. The maximum atomic E-state index is 9.58. The lowest BCUT2D eigenvalue weighted by Crippen LogP contribution is -2.00. The zero-order chi connectivity index (χ0) is 39.5. The van der Waals surface area contributed by atoms with Gasteiger partial charge in [0.05, 0.1) is 51.2 Å². The molecule has 0 bridgehead atoms. The summed E-state index contributed by atoms with van der Waals surface area (Å²) in [5.41, 5.74) is 12.0. The summed E-state index contributed by atoms with van der Waals surface area (Å²) in [6.45, 7) is 0. The van der Waals surface area contributed by atoms with Crippen LogP contribution < -0.4 is 0 Å². The minimum atomic E-state index is 0.593. The molecule has 9 aromatic carbocycles. The van der Waals surface area contributed by atoms with Crippen molar-refractivity contribution in [1.29, 1.82) is 10.5 Å². The number of fused-ring (bicyclic) bond motifs is 6. The van der Waals surface area contributed by atoms with Crippen LogP contribution in [0.3, 0.4) is 0 Å². The van der Waals surface area contributed by atoms with Gasteiger partial charge in [-0.25, -0.2) is 9.97 Å². The molecule has 0 amide bonds. The molecule has 0 saturated carbocycles. The molecular weight excluding hydrogens is 719 g/mol. The molecule has 0 saturated heterocycles. The highest BCUT2D eigenvalue weighted by atomic mass is 15.0. The van der Waals surface area contributed by atoms with Crippen LogP contribution in [0.25, 0.3) is 105 Å². The summed E-state index contributed by atoms with van der Waals surface area (Å²) >= 11 is 0. The predicted octanol–water partition coefficient (Wildman–Crippen LogP) is 13.4. The lowest BCUT2D eigenvalue weighted by Gasteiger charge is -2.17. The summed E-state index contributed by atoms with van der Waals surface area (Å²) in [7, 11) is 0. The molecule has 59 heavy (non-hydrogen) atoms. The summed E-state index contributed by atoms with van der Waals surface area (Å²) in [6.07, 6.45) is 0. The number of nitriles is 2.